The number of halogens is 2. The molecule has 1 aliphatic rings. The van der Waals surface area contributed by atoms with Crippen LogP contribution in [0, 0.1) is 0 Å². The fourth-order valence-corrected chi connectivity index (χ4v) is 3.96. The summed E-state index contributed by atoms with van der Waals surface area (Å²) in [5.74, 6) is 0. The minimum atomic E-state index is 0. The smallest absolute Gasteiger partial charge is 0.0661 e. The lowest BCUT2D eigenvalue weighted by molar-refractivity contribution is 0.131. The summed E-state index contributed by atoms with van der Waals surface area (Å²) >= 11 is 6.29. The lowest BCUT2D eigenvalue weighted by Crippen LogP contribution is -2.43. The molecular formula is C23H25Cl2N3. The maximum absolute atomic E-state index is 6.29. The van der Waals surface area contributed by atoms with E-state index in [1.165, 1.54) is 16.3 Å². The van der Waals surface area contributed by atoms with E-state index in [-0.39, 0.29) is 12.4 Å². The summed E-state index contributed by atoms with van der Waals surface area (Å²) in [6.07, 6.45) is 0. The summed E-state index contributed by atoms with van der Waals surface area (Å²) in [6, 6.07) is 23.1. The Bertz CT molecular complexity index is 957. The molecule has 0 spiro atoms. The Hall–Kier alpha value is -2.07. The molecule has 5 heteroatoms. The highest BCUT2D eigenvalue weighted by Gasteiger charge is 2.17. The van der Waals surface area contributed by atoms with Crippen LogP contribution in [-0.4, -0.2) is 41.8 Å². The molecule has 0 atom stereocenters. The standard InChI is InChI=1S/C23H24ClN3.ClH/c1-18(21-10-4-5-12-23(21)24)25-27-15-13-26(14-16-27)17-20-9-6-8-19-7-2-3-11-22(19)20;/h2-12H,13-17H2,1H3;1H/b25-18+;. The van der Waals surface area contributed by atoms with Crippen molar-refractivity contribution in [1.82, 2.24) is 9.91 Å². The lowest BCUT2D eigenvalue weighted by Gasteiger charge is -2.33. The maximum Gasteiger partial charge on any atom is 0.0661 e. The molecule has 0 bridgehead atoms. The number of fused-ring (bicyclic) bond motifs is 1. The molecule has 0 aliphatic carbocycles. The number of hydrogen-bond acceptors (Lipinski definition) is 3. The first-order valence-electron chi connectivity index (χ1n) is 9.45. The van der Waals surface area contributed by atoms with E-state index in [1.54, 1.807) is 0 Å². The molecule has 1 heterocycles. The van der Waals surface area contributed by atoms with E-state index >= 15 is 0 Å². The molecule has 1 saturated heterocycles. The summed E-state index contributed by atoms with van der Waals surface area (Å²) in [5.41, 5.74) is 3.39. The van der Waals surface area contributed by atoms with Crippen molar-refractivity contribution in [3.8, 4) is 0 Å². The normalized spacial score (nSPS) is 15.5. The van der Waals surface area contributed by atoms with Crippen LogP contribution in [0.25, 0.3) is 10.8 Å². The van der Waals surface area contributed by atoms with Gasteiger partial charge in [-0.3, -0.25) is 9.91 Å². The third kappa shape index (κ3) is 4.67. The van der Waals surface area contributed by atoms with Gasteiger partial charge in [0.2, 0.25) is 0 Å². The van der Waals surface area contributed by atoms with E-state index in [0.717, 1.165) is 49.0 Å². The number of nitrogens with zero attached hydrogens (tertiary/aromatic N) is 3. The van der Waals surface area contributed by atoms with E-state index < -0.39 is 0 Å². The molecule has 28 heavy (non-hydrogen) atoms. The van der Waals surface area contributed by atoms with Crippen LogP contribution in [0.15, 0.2) is 71.8 Å². The van der Waals surface area contributed by atoms with Gasteiger partial charge >= 0.3 is 0 Å². The van der Waals surface area contributed by atoms with Gasteiger partial charge in [-0.2, -0.15) is 5.10 Å². The molecule has 3 aromatic rings. The van der Waals surface area contributed by atoms with E-state index in [2.05, 4.69) is 52.4 Å². The second-order valence-corrected chi connectivity index (χ2v) is 7.44. The zero-order valence-corrected chi connectivity index (χ0v) is 17.6. The van der Waals surface area contributed by atoms with Gasteiger partial charge in [-0.1, -0.05) is 72.3 Å². The van der Waals surface area contributed by atoms with Gasteiger partial charge in [0.25, 0.3) is 0 Å². The van der Waals surface area contributed by atoms with Gasteiger partial charge in [-0.25, -0.2) is 0 Å². The van der Waals surface area contributed by atoms with Gasteiger partial charge in [0.05, 0.1) is 5.71 Å². The first-order chi connectivity index (χ1) is 13.2. The highest BCUT2D eigenvalue weighted by molar-refractivity contribution is 6.34. The quantitative estimate of drug-likeness (QED) is 0.528. The Morgan fingerprint density at radius 3 is 2.36 bits per heavy atom. The van der Waals surface area contributed by atoms with Gasteiger partial charge < -0.3 is 0 Å². The molecule has 1 aliphatic heterocycles. The fourth-order valence-electron chi connectivity index (χ4n) is 3.69. The molecule has 0 unspecified atom stereocenters. The average Bonchev–Trinajstić information content (AvgIpc) is 2.70. The van der Waals surface area contributed by atoms with Crippen LogP contribution in [0.4, 0.5) is 0 Å². The van der Waals surface area contributed by atoms with Crippen LogP contribution in [-0.2, 0) is 6.54 Å². The predicted octanol–water partition coefficient (Wildman–Crippen LogP) is 5.46. The van der Waals surface area contributed by atoms with Crippen LogP contribution in [0.3, 0.4) is 0 Å². The zero-order chi connectivity index (χ0) is 18.6. The monoisotopic (exact) mass is 413 g/mol. The van der Waals surface area contributed by atoms with Crippen LogP contribution < -0.4 is 0 Å². The third-order valence-electron chi connectivity index (χ3n) is 5.18. The molecule has 3 nitrogen and oxygen atoms in total. The molecule has 0 saturated carbocycles. The second kappa shape index (κ2) is 9.42. The number of benzene rings is 3. The van der Waals surface area contributed by atoms with Crippen molar-refractivity contribution in [2.75, 3.05) is 26.2 Å². The summed E-state index contributed by atoms with van der Waals surface area (Å²) in [4.78, 5) is 2.51. The molecule has 4 rings (SSSR count). The second-order valence-electron chi connectivity index (χ2n) is 7.03. The molecule has 1 fully saturated rings. The Balaban J connectivity index is 0.00000225. The van der Waals surface area contributed by atoms with Crippen molar-refractivity contribution in [3.63, 3.8) is 0 Å². The molecular weight excluding hydrogens is 389 g/mol. The highest BCUT2D eigenvalue weighted by Crippen LogP contribution is 2.21. The van der Waals surface area contributed by atoms with Gasteiger partial charge in [-0.05, 0) is 29.3 Å². The predicted molar refractivity (Wildman–Crippen MR) is 122 cm³/mol. The van der Waals surface area contributed by atoms with Gasteiger partial charge in [0, 0.05) is 43.3 Å². The van der Waals surface area contributed by atoms with Crippen molar-refractivity contribution in [2.24, 2.45) is 5.10 Å². The first kappa shape index (κ1) is 20.7. The van der Waals surface area contributed by atoms with Crippen molar-refractivity contribution in [3.05, 3.63) is 82.9 Å². The largest absolute Gasteiger partial charge is 0.295 e. The minimum Gasteiger partial charge on any atom is -0.295 e. The van der Waals surface area contributed by atoms with E-state index in [4.69, 9.17) is 16.7 Å². The van der Waals surface area contributed by atoms with Crippen LogP contribution >= 0.6 is 24.0 Å². The van der Waals surface area contributed by atoms with Crippen LogP contribution in [0.5, 0.6) is 0 Å². The molecule has 0 N–H and O–H groups in total. The van der Waals surface area contributed by atoms with Crippen LogP contribution in [0.1, 0.15) is 18.1 Å². The van der Waals surface area contributed by atoms with Crippen molar-refractivity contribution in [2.45, 2.75) is 13.5 Å². The first-order valence-corrected chi connectivity index (χ1v) is 9.82. The molecule has 146 valence electrons. The van der Waals surface area contributed by atoms with Crippen molar-refractivity contribution in [1.29, 1.82) is 0 Å². The van der Waals surface area contributed by atoms with E-state index in [9.17, 15) is 0 Å². The van der Waals surface area contributed by atoms with E-state index in [0.29, 0.717) is 0 Å². The number of rotatable bonds is 4. The Morgan fingerprint density at radius 2 is 1.57 bits per heavy atom. The molecule has 0 radical (unpaired) electrons. The number of hydrogen-bond donors (Lipinski definition) is 0. The molecule has 3 aromatic carbocycles. The molecule has 0 amide bonds. The summed E-state index contributed by atoms with van der Waals surface area (Å²) in [6.45, 7) is 6.93. The van der Waals surface area contributed by atoms with Gasteiger partial charge in [0.15, 0.2) is 0 Å². The maximum atomic E-state index is 6.29. The Kier molecular flexibility index (Phi) is 6.95. The fraction of sp³-hybridized carbons (Fsp3) is 0.261. The van der Waals surface area contributed by atoms with Crippen molar-refractivity contribution >= 4 is 40.5 Å². The van der Waals surface area contributed by atoms with E-state index in [1.807, 2.05) is 31.2 Å². The average molecular weight is 414 g/mol. The minimum absolute atomic E-state index is 0. The Morgan fingerprint density at radius 1 is 0.893 bits per heavy atom. The highest BCUT2D eigenvalue weighted by atomic mass is 35.5. The number of piperazine rings is 1. The zero-order valence-electron chi connectivity index (χ0n) is 16.0. The SMILES string of the molecule is C/C(=N\N1CCN(Cc2cccc3ccccc23)CC1)c1ccccc1Cl.Cl. The summed E-state index contributed by atoms with van der Waals surface area (Å²) in [5, 5.41) is 10.4. The van der Waals surface area contributed by atoms with Crippen molar-refractivity contribution < 1.29 is 0 Å². The Labute approximate surface area is 178 Å². The molecule has 0 aromatic heterocycles. The van der Waals surface area contributed by atoms with Crippen LogP contribution in [0.2, 0.25) is 5.02 Å². The lowest BCUT2D eigenvalue weighted by atomic mass is 10.0. The summed E-state index contributed by atoms with van der Waals surface area (Å²) in [7, 11) is 0. The van der Waals surface area contributed by atoms with Gasteiger partial charge in [-0.15, -0.1) is 12.4 Å². The van der Waals surface area contributed by atoms with Gasteiger partial charge in [0.1, 0.15) is 0 Å². The topological polar surface area (TPSA) is 18.8 Å². The number of hydrazone groups is 1. The third-order valence-corrected chi connectivity index (χ3v) is 5.51. The summed E-state index contributed by atoms with van der Waals surface area (Å²) < 4.78 is 0.